The molecule has 0 saturated carbocycles. The van der Waals surface area contributed by atoms with Crippen LogP contribution in [0.3, 0.4) is 0 Å². The fraction of sp³-hybridized carbons (Fsp3) is 0.310. The largest absolute Gasteiger partial charge is 0.484 e. The van der Waals surface area contributed by atoms with Crippen molar-refractivity contribution in [2.75, 3.05) is 6.61 Å². The SMILES string of the molecule is Cc1cc(OCC(=O)N(Cc2ccc(Cl)c(Cl)c2)C(Cc2ccccc2)C(=O)NC(C)(C)C)ccc1Br. The van der Waals surface area contributed by atoms with E-state index < -0.39 is 11.6 Å². The van der Waals surface area contributed by atoms with Crippen molar-refractivity contribution in [2.45, 2.75) is 52.2 Å². The summed E-state index contributed by atoms with van der Waals surface area (Å²) < 4.78 is 6.81. The molecule has 0 radical (unpaired) electrons. The van der Waals surface area contributed by atoms with Crippen LogP contribution in [0.1, 0.15) is 37.5 Å². The molecule has 0 aliphatic rings. The highest BCUT2D eigenvalue weighted by Gasteiger charge is 2.32. The molecule has 196 valence electrons. The highest BCUT2D eigenvalue weighted by atomic mass is 79.9. The van der Waals surface area contributed by atoms with Gasteiger partial charge in [0.2, 0.25) is 5.91 Å². The number of amides is 2. The van der Waals surface area contributed by atoms with Crippen molar-refractivity contribution in [3.8, 4) is 5.75 Å². The van der Waals surface area contributed by atoms with E-state index in [0.29, 0.717) is 22.2 Å². The van der Waals surface area contributed by atoms with Gasteiger partial charge in [0, 0.05) is 23.0 Å². The summed E-state index contributed by atoms with van der Waals surface area (Å²) in [7, 11) is 0. The minimum absolute atomic E-state index is 0.160. The summed E-state index contributed by atoms with van der Waals surface area (Å²) >= 11 is 15.9. The average molecular weight is 606 g/mol. The highest BCUT2D eigenvalue weighted by Crippen LogP contribution is 2.25. The van der Waals surface area contributed by atoms with Crippen molar-refractivity contribution in [1.82, 2.24) is 10.2 Å². The van der Waals surface area contributed by atoms with E-state index in [-0.39, 0.29) is 25.0 Å². The van der Waals surface area contributed by atoms with E-state index in [1.165, 1.54) is 0 Å². The van der Waals surface area contributed by atoms with Crippen LogP contribution in [0.15, 0.2) is 71.2 Å². The number of aryl methyl sites for hydroxylation is 1. The van der Waals surface area contributed by atoms with Gasteiger partial charge in [-0.1, -0.05) is 75.5 Å². The maximum absolute atomic E-state index is 13.7. The van der Waals surface area contributed by atoms with Gasteiger partial charge in [0.05, 0.1) is 10.0 Å². The molecule has 0 aliphatic carbocycles. The molecule has 3 aromatic carbocycles. The van der Waals surface area contributed by atoms with Gasteiger partial charge in [-0.2, -0.15) is 0 Å². The molecule has 5 nitrogen and oxygen atoms in total. The van der Waals surface area contributed by atoms with Crippen molar-refractivity contribution in [1.29, 1.82) is 0 Å². The van der Waals surface area contributed by atoms with Crippen LogP contribution < -0.4 is 10.1 Å². The number of halogens is 3. The first-order valence-corrected chi connectivity index (χ1v) is 13.5. The Morgan fingerprint density at radius 3 is 2.30 bits per heavy atom. The molecule has 0 spiro atoms. The number of hydrogen-bond donors (Lipinski definition) is 1. The fourth-order valence-corrected chi connectivity index (χ4v) is 4.34. The molecule has 2 amide bonds. The Hall–Kier alpha value is -2.54. The summed E-state index contributed by atoms with van der Waals surface area (Å²) in [5, 5.41) is 3.84. The van der Waals surface area contributed by atoms with Crippen LogP contribution >= 0.6 is 39.1 Å². The molecule has 0 aliphatic heterocycles. The second-order valence-electron chi connectivity index (χ2n) is 9.91. The predicted octanol–water partition coefficient (Wildman–Crippen LogP) is 7.00. The maximum atomic E-state index is 13.7. The smallest absolute Gasteiger partial charge is 0.261 e. The van der Waals surface area contributed by atoms with Crippen LogP contribution in [0.5, 0.6) is 5.75 Å². The fourth-order valence-electron chi connectivity index (χ4n) is 3.78. The lowest BCUT2D eigenvalue weighted by Crippen LogP contribution is -2.55. The third-order valence-electron chi connectivity index (χ3n) is 5.60. The molecule has 0 aromatic heterocycles. The van der Waals surface area contributed by atoms with Gasteiger partial charge < -0.3 is 15.0 Å². The Balaban J connectivity index is 1.95. The standard InChI is InChI=1S/C29H31BrCl2N2O3/c1-19-14-22(11-12-23(19)30)37-18-27(35)34(17-21-10-13-24(31)25(32)15-21)26(28(36)33-29(2,3)4)16-20-8-6-5-7-9-20/h5-15,26H,16-18H2,1-4H3,(H,33,36). The predicted molar refractivity (Wildman–Crippen MR) is 153 cm³/mol. The third kappa shape index (κ3) is 8.77. The second kappa shape index (κ2) is 12.8. The molecule has 1 unspecified atom stereocenters. The number of rotatable bonds is 9. The molecule has 1 atom stereocenters. The van der Waals surface area contributed by atoms with Crippen LogP contribution in [0, 0.1) is 6.92 Å². The van der Waals surface area contributed by atoms with Gasteiger partial charge >= 0.3 is 0 Å². The average Bonchev–Trinajstić information content (AvgIpc) is 2.83. The Morgan fingerprint density at radius 2 is 1.68 bits per heavy atom. The summed E-state index contributed by atoms with van der Waals surface area (Å²) in [6, 6.07) is 19.6. The summed E-state index contributed by atoms with van der Waals surface area (Å²) in [5.41, 5.74) is 2.20. The van der Waals surface area contributed by atoms with Crippen LogP contribution in [-0.2, 0) is 22.6 Å². The van der Waals surface area contributed by atoms with Gasteiger partial charge in [-0.05, 0) is 74.7 Å². The van der Waals surface area contributed by atoms with Crippen LogP contribution in [-0.4, -0.2) is 34.9 Å². The number of carbonyl (C=O) groups is 2. The number of benzene rings is 3. The molecule has 3 aromatic rings. The zero-order valence-corrected chi connectivity index (χ0v) is 24.5. The van der Waals surface area contributed by atoms with Crippen molar-refractivity contribution >= 4 is 50.9 Å². The van der Waals surface area contributed by atoms with Crippen LogP contribution in [0.25, 0.3) is 0 Å². The lowest BCUT2D eigenvalue weighted by Gasteiger charge is -2.33. The molecular weight excluding hydrogens is 575 g/mol. The first-order chi connectivity index (χ1) is 17.4. The molecule has 0 heterocycles. The van der Waals surface area contributed by atoms with E-state index in [4.69, 9.17) is 27.9 Å². The van der Waals surface area contributed by atoms with E-state index in [0.717, 1.165) is 21.2 Å². The zero-order chi connectivity index (χ0) is 27.2. The first kappa shape index (κ1) is 29.0. The Labute approximate surface area is 237 Å². The van der Waals surface area contributed by atoms with E-state index in [1.807, 2.05) is 70.2 Å². The lowest BCUT2D eigenvalue weighted by atomic mass is 10.0. The number of nitrogens with one attached hydrogen (secondary N) is 1. The maximum Gasteiger partial charge on any atom is 0.261 e. The van der Waals surface area contributed by atoms with Gasteiger partial charge in [0.1, 0.15) is 11.8 Å². The van der Waals surface area contributed by atoms with E-state index in [2.05, 4.69) is 21.2 Å². The van der Waals surface area contributed by atoms with Gasteiger partial charge in [-0.15, -0.1) is 0 Å². The highest BCUT2D eigenvalue weighted by molar-refractivity contribution is 9.10. The monoisotopic (exact) mass is 604 g/mol. The zero-order valence-electron chi connectivity index (χ0n) is 21.4. The molecule has 37 heavy (non-hydrogen) atoms. The van der Waals surface area contributed by atoms with E-state index in [9.17, 15) is 9.59 Å². The number of hydrogen-bond acceptors (Lipinski definition) is 3. The van der Waals surface area contributed by atoms with Gasteiger partial charge in [0.25, 0.3) is 5.91 Å². The van der Waals surface area contributed by atoms with Crippen LogP contribution in [0.4, 0.5) is 0 Å². The topological polar surface area (TPSA) is 58.6 Å². The summed E-state index contributed by atoms with van der Waals surface area (Å²) in [6.07, 6.45) is 0.340. The molecule has 3 rings (SSSR count). The number of nitrogens with zero attached hydrogens (tertiary/aromatic N) is 1. The van der Waals surface area contributed by atoms with Crippen molar-refractivity contribution < 1.29 is 14.3 Å². The summed E-state index contributed by atoms with van der Waals surface area (Å²) in [6.45, 7) is 7.61. The Bertz CT molecular complexity index is 1250. The van der Waals surface area contributed by atoms with Gasteiger partial charge in [-0.25, -0.2) is 0 Å². The minimum Gasteiger partial charge on any atom is -0.484 e. The first-order valence-electron chi connectivity index (χ1n) is 11.9. The second-order valence-corrected chi connectivity index (χ2v) is 11.6. The summed E-state index contributed by atoms with van der Waals surface area (Å²) in [4.78, 5) is 28.8. The summed E-state index contributed by atoms with van der Waals surface area (Å²) in [5.74, 6) is 0.00294. The Kier molecular flexibility index (Phi) is 10.0. The molecule has 0 bridgehead atoms. The molecule has 0 fully saturated rings. The molecule has 8 heteroatoms. The van der Waals surface area contributed by atoms with Crippen molar-refractivity contribution in [2.24, 2.45) is 0 Å². The van der Waals surface area contributed by atoms with Gasteiger partial charge in [0.15, 0.2) is 6.61 Å². The van der Waals surface area contributed by atoms with Crippen LogP contribution in [0.2, 0.25) is 10.0 Å². The quantitative estimate of drug-likeness (QED) is 0.286. The number of ether oxygens (including phenoxy) is 1. The van der Waals surface area contributed by atoms with E-state index in [1.54, 1.807) is 29.2 Å². The third-order valence-corrected chi connectivity index (χ3v) is 7.23. The Morgan fingerprint density at radius 1 is 0.973 bits per heavy atom. The van der Waals surface area contributed by atoms with Crippen molar-refractivity contribution in [3.05, 3.63) is 97.9 Å². The number of carbonyl (C=O) groups excluding carboxylic acids is 2. The lowest BCUT2D eigenvalue weighted by molar-refractivity contribution is -0.143. The molecule has 0 saturated heterocycles. The van der Waals surface area contributed by atoms with Gasteiger partial charge in [-0.3, -0.25) is 9.59 Å². The molecule has 1 N–H and O–H groups in total. The normalized spacial score (nSPS) is 12.1. The van der Waals surface area contributed by atoms with Crippen molar-refractivity contribution in [3.63, 3.8) is 0 Å². The minimum atomic E-state index is -0.779. The van der Waals surface area contributed by atoms with E-state index >= 15 is 0 Å². The molecular formula is C29H31BrCl2N2O3.